The van der Waals surface area contributed by atoms with Crippen LogP contribution >= 0.6 is 0 Å². The lowest BCUT2D eigenvalue weighted by Gasteiger charge is -2.37. The van der Waals surface area contributed by atoms with Gasteiger partial charge in [0.15, 0.2) is 6.10 Å². The summed E-state index contributed by atoms with van der Waals surface area (Å²) in [4.78, 5) is 12.1. The number of esters is 1. The van der Waals surface area contributed by atoms with Crippen molar-refractivity contribution >= 4 is 5.97 Å². The number of carbonyl (C=O) groups is 1. The standard InChI is InChI=1S/C27H28O5/c28-24-17-16-23(30-18-20-10-4-1-5-11-20)27(32-24)25(29)26(22-14-8-3-9-15-22)31-19-21-12-6-2-7-13-21/h1-15,23,25-27,29H,16-19H2/t23-,25-,26-,27+/m0/s1. The number of aliphatic hydroxyl groups is 1. The zero-order valence-electron chi connectivity index (χ0n) is 17.9. The first-order valence-corrected chi connectivity index (χ1v) is 10.9. The van der Waals surface area contributed by atoms with Gasteiger partial charge >= 0.3 is 5.97 Å². The van der Waals surface area contributed by atoms with E-state index in [1.807, 2.05) is 91.0 Å². The summed E-state index contributed by atoms with van der Waals surface area (Å²) in [6.45, 7) is 0.709. The van der Waals surface area contributed by atoms with Gasteiger partial charge in [-0.15, -0.1) is 0 Å². The van der Waals surface area contributed by atoms with Crippen LogP contribution in [0.5, 0.6) is 0 Å². The molecular weight excluding hydrogens is 404 g/mol. The molecular formula is C27H28O5. The fourth-order valence-corrected chi connectivity index (χ4v) is 3.92. The topological polar surface area (TPSA) is 65.0 Å². The molecule has 1 heterocycles. The number of hydrogen-bond acceptors (Lipinski definition) is 5. The van der Waals surface area contributed by atoms with Gasteiger partial charge in [0, 0.05) is 6.42 Å². The van der Waals surface area contributed by atoms with Crippen molar-refractivity contribution in [2.24, 2.45) is 0 Å². The lowest BCUT2D eigenvalue weighted by molar-refractivity contribution is -0.196. The number of hydrogen-bond donors (Lipinski definition) is 1. The molecule has 4 rings (SSSR count). The predicted octanol–water partition coefficient (Wildman–Crippen LogP) is 4.60. The molecule has 0 radical (unpaired) electrons. The van der Waals surface area contributed by atoms with Crippen LogP contribution in [0.2, 0.25) is 0 Å². The van der Waals surface area contributed by atoms with E-state index in [1.54, 1.807) is 0 Å². The van der Waals surface area contributed by atoms with Crippen molar-refractivity contribution in [3.8, 4) is 0 Å². The Morgan fingerprint density at radius 1 is 0.844 bits per heavy atom. The average molecular weight is 433 g/mol. The normalized spacial score (nSPS) is 20.3. The highest BCUT2D eigenvalue weighted by Gasteiger charge is 2.41. The molecule has 1 N–H and O–H groups in total. The Morgan fingerprint density at radius 2 is 1.41 bits per heavy atom. The van der Waals surface area contributed by atoms with Gasteiger partial charge in [-0.25, -0.2) is 0 Å². The molecule has 0 amide bonds. The van der Waals surface area contributed by atoms with E-state index in [0.717, 1.165) is 16.7 Å². The van der Waals surface area contributed by atoms with Crippen molar-refractivity contribution in [2.45, 2.75) is 50.5 Å². The van der Waals surface area contributed by atoms with Crippen LogP contribution in [-0.4, -0.2) is 29.4 Å². The Kier molecular flexibility index (Phi) is 7.67. The van der Waals surface area contributed by atoms with Crippen molar-refractivity contribution in [2.75, 3.05) is 0 Å². The van der Waals surface area contributed by atoms with Crippen LogP contribution in [-0.2, 0) is 32.2 Å². The van der Waals surface area contributed by atoms with Gasteiger partial charge in [-0.05, 0) is 23.1 Å². The Bertz CT molecular complexity index is 961. The summed E-state index contributed by atoms with van der Waals surface area (Å²) in [5.74, 6) is -0.330. The summed E-state index contributed by atoms with van der Waals surface area (Å²) < 4.78 is 17.9. The van der Waals surface area contributed by atoms with Gasteiger partial charge in [0.2, 0.25) is 0 Å². The number of aliphatic hydroxyl groups excluding tert-OH is 1. The maximum Gasteiger partial charge on any atom is 0.306 e. The van der Waals surface area contributed by atoms with E-state index >= 15 is 0 Å². The van der Waals surface area contributed by atoms with Crippen LogP contribution in [0.1, 0.15) is 35.6 Å². The molecule has 3 aromatic carbocycles. The summed E-state index contributed by atoms with van der Waals surface area (Å²) >= 11 is 0. The Morgan fingerprint density at radius 3 is 2.03 bits per heavy atom. The van der Waals surface area contributed by atoms with Crippen molar-refractivity contribution < 1.29 is 24.1 Å². The third-order valence-corrected chi connectivity index (χ3v) is 5.62. The van der Waals surface area contributed by atoms with Crippen LogP contribution in [0.4, 0.5) is 0 Å². The van der Waals surface area contributed by atoms with Crippen LogP contribution in [0.15, 0.2) is 91.0 Å². The van der Waals surface area contributed by atoms with Crippen LogP contribution in [0.3, 0.4) is 0 Å². The number of cyclic esters (lactones) is 1. The molecule has 1 saturated heterocycles. The van der Waals surface area contributed by atoms with Crippen LogP contribution in [0.25, 0.3) is 0 Å². The molecule has 4 atom stereocenters. The molecule has 0 aliphatic carbocycles. The van der Waals surface area contributed by atoms with E-state index < -0.39 is 24.4 Å². The molecule has 5 heteroatoms. The summed E-state index contributed by atoms with van der Waals surface area (Å²) in [5.41, 5.74) is 2.84. The second-order valence-electron chi connectivity index (χ2n) is 7.95. The second kappa shape index (κ2) is 11.0. The predicted molar refractivity (Wildman–Crippen MR) is 121 cm³/mol. The monoisotopic (exact) mass is 432 g/mol. The fourth-order valence-electron chi connectivity index (χ4n) is 3.92. The van der Waals surface area contributed by atoms with E-state index in [1.165, 1.54) is 0 Å². The Balaban J connectivity index is 1.52. The van der Waals surface area contributed by atoms with Gasteiger partial charge in [0.1, 0.15) is 12.2 Å². The van der Waals surface area contributed by atoms with Gasteiger partial charge in [0.05, 0.1) is 19.3 Å². The van der Waals surface area contributed by atoms with Gasteiger partial charge in [-0.3, -0.25) is 4.79 Å². The first-order chi connectivity index (χ1) is 15.7. The van der Waals surface area contributed by atoms with Crippen LogP contribution in [0, 0.1) is 0 Å². The van der Waals surface area contributed by atoms with Gasteiger partial charge in [-0.2, -0.15) is 0 Å². The maximum absolute atomic E-state index is 12.1. The van der Waals surface area contributed by atoms with E-state index in [2.05, 4.69) is 0 Å². The van der Waals surface area contributed by atoms with Gasteiger partial charge in [0.25, 0.3) is 0 Å². The van der Waals surface area contributed by atoms with E-state index in [4.69, 9.17) is 14.2 Å². The zero-order chi connectivity index (χ0) is 22.2. The minimum Gasteiger partial charge on any atom is -0.457 e. The second-order valence-corrected chi connectivity index (χ2v) is 7.95. The SMILES string of the molecule is O=C1CC[C@H](OCc2ccccc2)[C@H]([C@@H](O)[C@@H](OCc2ccccc2)c2ccccc2)O1. The zero-order valence-corrected chi connectivity index (χ0v) is 17.9. The third-order valence-electron chi connectivity index (χ3n) is 5.62. The first-order valence-electron chi connectivity index (χ1n) is 10.9. The molecule has 166 valence electrons. The molecule has 1 fully saturated rings. The number of benzene rings is 3. The minimum atomic E-state index is -1.08. The molecule has 3 aromatic rings. The van der Waals surface area contributed by atoms with E-state index in [9.17, 15) is 9.90 Å². The summed E-state index contributed by atoms with van der Waals surface area (Å²) in [5, 5.41) is 11.4. The quantitative estimate of drug-likeness (QED) is 0.501. The lowest BCUT2D eigenvalue weighted by Crippen LogP contribution is -2.48. The third kappa shape index (κ3) is 5.82. The molecule has 5 nitrogen and oxygen atoms in total. The number of ether oxygens (including phenoxy) is 3. The highest BCUT2D eigenvalue weighted by molar-refractivity contribution is 5.70. The van der Waals surface area contributed by atoms with Gasteiger partial charge in [-0.1, -0.05) is 91.0 Å². The fraction of sp³-hybridized carbons (Fsp3) is 0.296. The van der Waals surface area contributed by atoms with Crippen LogP contribution < -0.4 is 0 Å². The highest BCUT2D eigenvalue weighted by atomic mass is 16.6. The molecule has 1 aliphatic heterocycles. The van der Waals surface area contributed by atoms with Crippen molar-refractivity contribution in [3.63, 3.8) is 0 Å². The highest BCUT2D eigenvalue weighted by Crippen LogP contribution is 2.31. The molecule has 0 unspecified atom stereocenters. The van der Waals surface area contributed by atoms with Crippen molar-refractivity contribution in [1.29, 1.82) is 0 Å². The Labute approximate surface area is 188 Å². The number of rotatable bonds is 9. The molecule has 0 bridgehead atoms. The van der Waals surface area contributed by atoms with E-state index in [0.29, 0.717) is 19.6 Å². The molecule has 0 spiro atoms. The smallest absolute Gasteiger partial charge is 0.306 e. The van der Waals surface area contributed by atoms with E-state index in [-0.39, 0.29) is 12.4 Å². The van der Waals surface area contributed by atoms with Crippen molar-refractivity contribution in [1.82, 2.24) is 0 Å². The molecule has 1 aliphatic rings. The largest absolute Gasteiger partial charge is 0.457 e. The minimum absolute atomic E-state index is 0.267. The Hall–Kier alpha value is -2.99. The summed E-state index contributed by atoms with van der Waals surface area (Å²) in [7, 11) is 0. The maximum atomic E-state index is 12.1. The molecule has 0 saturated carbocycles. The molecule has 0 aromatic heterocycles. The summed E-state index contributed by atoms with van der Waals surface area (Å²) in [6, 6.07) is 29.1. The first kappa shape index (κ1) is 22.2. The van der Waals surface area contributed by atoms with Gasteiger partial charge < -0.3 is 19.3 Å². The molecule has 32 heavy (non-hydrogen) atoms. The summed E-state index contributed by atoms with van der Waals surface area (Å²) in [6.07, 6.45) is -2.23. The number of carbonyl (C=O) groups excluding carboxylic acids is 1. The lowest BCUT2D eigenvalue weighted by atomic mass is 9.93. The van der Waals surface area contributed by atoms with Crippen molar-refractivity contribution in [3.05, 3.63) is 108 Å². The average Bonchev–Trinajstić information content (AvgIpc) is 2.85.